The number of sulfonamides is 1. The van der Waals surface area contributed by atoms with Crippen molar-refractivity contribution in [3.8, 4) is 0 Å². The molecule has 0 heterocycles. The number of nitrogens with one attached hydrogen (secondary N) is 1. The van der Waals surface area contributed by atoms with E-state index in [1.54, 1.807) is 18.2 Å². The lowest BCUT2D eigenvalue weighted by Gasteiger charge is -2.21. The molecule has 5 nitrogen and oxygen atoms in total. The van der Waals surface area contributed by atoms with Crippen LogP contribution in [0, 0.1) is 0 Å². The molecule has 0 radical (unpaired) electrons. The quantitative estimate of drug-likeness (QED) is 0.609. The smallest absolute Gasteiger partial charge is 0.251 e. The molecule has 0 unspecified atom stereocenters. The van der Waals surface area contributed by atoms with E-state index in [-0.39, 0.29) is 17.3 Å². The van der Waals surface area contributed by atoms with E-state index in [9.17, 15) is 13.2 Å². The molecular weight excluding hydrogens is 419 g/mol. The molecule has 0 spiro atoms. The second-order valence-electron chi connectivity index (χ2n) is 6.31. The van der Waals surface area contributed by atoms with E-state index in [1.807, 2.05) is 13.8 Å². The van der Waals surface area contributed by atoms with Crippen LogP contribution in [0.3, 0.4) is 0 Å². The predicted octanol–water partition coefficient (Wildman–Crippen LogP) is 4.73. The van der Waals surface area contributed by atoms with Crippen molar-refractivity contribution in [1.29, 1.82) is 0 Å². The second kappa shape index (κ2) is 10.3. The van der Waals surface area contributed by atoms with Crippen LogP contribution in [0.25, 0.3) is 0 Å². The van der Waals surface area contributed by atoms with Crippen molar-refractivity contribution < 1.29 is 13.2 Å². The number of hydrogen-bond acceptors (Lipinski definition) is 3. The monoisotopic (exact) mass is 442 g/mol. The van der Waals surface area contributed by atoms with E-state index in [0.29, 0.717) is 34.3 Å². The van der Waals surface area contributed by atoms with Crippen LogP contribution in [0.2, 0.25) is 10.0 Å². The fourth-order valence-corrected chi connectivity index (χ4v) is 4.91. The summed E-state index contributed by atoms with van der Waals surface area (Å²) in [4.78, 5) is 12.6. The van der Waals surface area contributed by atoms with Crippen molar-refractivity contribution in [3.05, 3.63) is 63.6 Å². The van der Waals surface area contributed by atoms with Crippen LogP contribution < -0.4 is 5.32 Å². The van der Waals surface area contributed by atoms with Gasteiger partial charge in [-0.15, -0.1) is 0 Å². The Bertz CT molecular complexity index is 889. The average molecular weight is 443 g/mol. The third kappa shape index (κ3) is 5.47. The van der Waals surface area contributed by atoms with E-state index in [1.165, 1.54) is 28.6 Å². The van der Waals surface area contributed by atoms with Gasteiger partial charge in [0, 0.05) is 40.8 Å². The molecular formula is C20H24Cl2N2O3S. The van der Waals surface area contributed by atoms with E-state index in [0.717, 1.165) is 12.8 Å². The van der Waals surface area contributed by atoms with Crippen LogP contribution in [-0.4, -0.2) is 31.7 Å². The normalized spacial score (nSPS) is 11.6. The Kier molecular flexibility index (Phi) is 8.31. The van der Waals surface area contributed by atoms with Crippen LogP contribution in [0.4, 0.5) is 0 Å². The minimum atomic E-state index is -3.57. The van der Waals surface area contributed by atoms with Gasteiger partial charge in [-0.3, -0.25) is 4.79 Å². The number of hydrogen-bond donors (Lipinski definition) is 1. The lowest BCUT2D eigenvalue weighted by molar-refractivity contribution is 0.0951. The Labute approximate surface area is 176 Å². The second-order valence-corrected chi connectivity index (χ2v) is 9.06. The maximum Gasteiger partial charge on any atom is 0.251 e. The predicted molar refractivity (Wildman–Crippen MR) is 113 cm³/mol. The van der Waals surface area contributed by atoms with Crippen molar-refractivity contribution in [1.82, 2.24) is 9.62 Å². The zero-order valence-electron chi connectivity index (χ0n) is 15.9. The van der Waals surface area contributed by atoms with E-state index < -0.39 is 10.0 Å². The van der Waals surface area contributed by atoms with Crippen LogP contribution in [-0.2, 0) is 16.6 Å². The fourth-order valence-electron chi connectivity index (χ4n) is 2.75. The largest absolute Gasteiger partial charge is 0.348 e. The Morgan fingerprint density at radius 1 is 0.964 bits per heavy atom. The maximum atomic E-state index is 12.8. The van der Waals surface area contributed by atoms with Gasteiger partial charge < -0.3 is 5.32 Å². The number of amides is 1. The molecule has 0 saturated heterocycles. The van der Waals surface area contributed by atoms with Gasteiger partial charge in [0.1, 0.15) is 0 Å². The summed E-state index contributed by atoms with van der Waals surface area (Å²) < 4.78 is 27.0. The molecule has 0 aliphatic heterocycles. The van der Waals surface area contributed by atoms with E-state index in [4.69, 9.17) is 23.2 Å². The summed E-state index contributed by atoms with van der Waals surface area (Å²) in [6.45, 7) is 5.00. The molecule has 0 atom stereocenters. The van der Waals surface area contributed by atoms with E-state index >= 15 is 0 Å². The van der Waals surface area contributed by atoms with Gasteiger partial charge in [0.25, 0.3) is 5.91 Å². The summed E-state index contributed by atoms with van der Waals surface area (Å²) in [5, 5.41) is 3.70. The molecule has 0 aromatic heterocycles. The minimum Gasteiger partial charge on any atom is -0.348 e. The third-order valence-electron chi connectivity index (χ3n) is 4.19. The first kappa shape index (κ1) is 22.7. The summed E-state index contributed by atoms with van der Waals surface area (Å²) >= 11 is 12.2. The van der Waals surface area contributed by atoms with Crippen molar-refractivity contribution in [2.45, 2.75) is 38.1 Å². The van der Waals surface area contributed by atoms with Crippen LogP contribution in [0.5, 0.6) is 0 Å². The van der Waals surface area contributed by atoms with Crippen LogP contribution in [0.15, 0.2) is 47.4 Å². The summed E-state index contributed by atoms with van der Waals surface area (Å²) in [6.07, 6.45) is 1.48. The van der Waals surface area contributed by atoms with Gasteiger partial charge in [0.2, 0.25) is 10.0 Å². The molecule has 0 fully saturated rings. The summed E-state index contributed by atoms with van der Waals surface area (Å²) in [5.74, 6) is -0.334. The zero-order chi connectivity index (χ0) is 20.7. The summed E-state index contributed by atoms with van der Waals surface area (Å²) in [7, 11) is -3.57. The maximum absolute atomic E-state index is 12.8. The standard InChI is InChI=1S/C20H24Cl2N2O3S/c1-3-12-24(13-4-2)28(26,27)16-10-8-15(9-11-16)20(25)23-14-17-18(21)6-5-7-19(17)22/h5-11H,3-4,12-14H2,1-2H3,(H,23,25). The molecule has 28 heavy (non-hydrogen) atoms. The van der Waals surface area contributed by atoms with Crippen LogP contribution >= 0.6 is 23.2 Å². The molecule has 2 aromatic rings. The first-order chi connectivity index (χ1) is 13.3. The fraction of sp³-hybridized carbons (Fsp3) is 0.350. The topological polar surface area (TPSA) is 66.5 Å². The highest BCUT2D eigenvalue weighted by Crippen LogP contribution is 2.24. The number of halogens is 2. The van der Waals surface area contributed by atoms with Crippen molar-refractivity contribution in [2.24, 2.45) is 0 Å². The lowest BCUT2D eigenvalue weighted by atomic mass is 10.2. The molecule has 0 saturated carbocycles. The first-order valence-corrected chi connectivity index (χ1v) is 11.3. The van der Waals surface area contributed by atoms with Gasteiger partial charge in [0.15, 0.2) is 0 Å². The molecule has 0 aliphatic rings. The number of nitrogens with zero attached hydrogens (tertiary/aromatic N) is 1. The molecule has 0 aliphatic carbocycles. The summed E-state index contributed by atoms with van der Waals surface area (Å²) in [6, 6.07) is 11.1. The van der Waals surface area contributed by atoms with Gasteiger partial charge in [-0.25, -0.2) is 8.42 Å². The zero-order valence-corrected chi connectivity index (χ0v) is 18.2. The number of carbonyl (C=O) groups is 1. The first-order valence-electron chi connectivity index (χ1n) is 9.12. The van der Waals surface area contributed by atoms with Crippen molar-refractivity contribution in [2.75, 3.05) is 13.1 Å². The molecule has 8 heteroatoms. The highest BCUT2D eigenvalue weighted by Gasteiger charge is 2.23. The molecule has 0 bridgehead atoms. The highest BCUT2D eigenvalue weighted by atomic mass is 35.5. The number of benzene rings is 2. The van der Waals surface area contributed by atoms with Gasteiger partial charge in [0.05, 0.1) is 4.90 Å². The summed E-state index contributed by atoms with van der Waals surface area (Å²) in [5.41, 5.74) is 0.993. The highest BCUT2D eigenvalue weighted by molar-refractivity contribution is 7.89. The van der Waals surface area contributed by atoms with Gasteiger partial charge >= 0.3 is 0 Å². The molecule has 1 amide bonds. The third-order valence-corrected chi connectivity index (χ3v) is 6.81. The van der Waals surface area contributed by atoms with Crippen molar-refractivity contribution in [3.63, 3.8) is 0 Å². The van der Waals surface area contributed by atoms with E-state index in [2.05, 4.69) is 5.32 Å². The Morgan fingerprint density at radius 3 is 2.00 bits per heavy atom. The lowest BCUT2D eigenvalue weighted by Crippen LogP contribution is -2.32. The van der Waals surface area contributed by atoms with Crippen LogP contribution in [0.1, 0.15) is 42.6 Å². The Hall–Kier alpha value is -1.60. The SMILES string of the molecule is CCCN(CCC)S(=O)(=O)c1ccc(C(=O)NCc2c(Cl)cccc2Cl)cc1. The molecule has 2 aromatic carbocycles. The Morgan fingerprint density at radius 2 is 1.50 bits per heavy atom. The Balaban J connectivity index is 2.12. The molecule has 152 valence electrons. The van der Waals surface area contributed by atoms with Crippen molar-refractivity contribution >= 4 is 39.1 Å². The molecule has 1 N–H and O–H groups in total. The number of carbonyl (C=O) groups excluding carboxylic acids is 1. The minimum absolute atomic E-state index is 0.179. The van der Waals surface area contributed by atoms with Gasteiger partial charge in [-0.2, -0.15) is 4.31 Å². The van der Waals surface area contributed by atoms with Gasteiger partial charge in [-0.1, -0.05) is 43.1 Å². The number of rotatable bonds is 9. The average Bonchev–Trinajstić information content (AvgIpc) is 2.67. The molecule has 2 rings (SSSR count). The van der Waals surface area contributed by atoms with Gasteiger partial charge in [-0.05, 0) is 49.2 Å².